The lowest BCUT2D eigenvalue weighted by molar-refractivity contribution is 0.367. The van der Waals surface area contributed by atoms with Crippen molar-refractivity contribution in [1.29, 1.82) is 0 Å². The minimum Gasteiger partial charge on any atom is -0.337 e. The van der Waals surface area contributed by atoms with Crippen LogP contribution in [-0.4, -0.2) is 10.1 Å². The van der Waals surface area contributed by atoms with Crippen molar-refractivity contribution in [2.24, 2.45) is 5.73 Å². The van der Waals surface area contributed by atoms with Gasteiger partial charge in [0.2, 0.25) is 11.7 Å². The Morgan fingerprint density at radius 3 is 2.62 bits per heavy atom. The highest BCUT2D eigenvalue weighted by Gasteiger charge is 2.17. The molecule has 0 aliphatic heterocycles. The maximum atomic E-state index is 13.2. The van der Waals surface area contributed by atoms with E-state index in [1.54, 1.807) is 0 Å². The van der Waals surface area contributed by atoms with Crippen LogP contribution < -0.4 is 5.73 Å². The van der Waals surface area contributed by atoms with Gasteiger partial charge < -0.3 is 10.3 Å². The van der Waals surface area contributed by atoms with Gasteiger partial charge in [0, 0.05) is 5.56 Å². The first-order valence-electron chi connectivity index (χ1n) is 6.24. The monoisotopic (exact) mass is 303 g/mol. The second-order valence-electron chi connectivity index (χ2n) is 4.47. The molecule has 1 atom stereocenters. The molecule has 0 radical (unpaired) electrons. The predicted octanol–water partition coefficient (Wildman–Crippen LogP) is 3.58. The Hall–Kier alpha value is -2.24. The molecule has 0 spiro atoms. The lowest BCUT2D eigenvalue weighted by Gasteiger charge is -2.05. The van der Waals surface area contributed by atoms with Crippen LogP contribution in [0.3, 0.4) is 0 Å². The largest absolute Gasteiger partial charge is 0.337 e. The van der Waals surface area contributed by atoms with Crippen LogP contribution >= 0.6 is 11.6 Å². The Bertz CT molecular complexity index is 761. The van der Waals surface area contributed by atoms with Gasteiger partial charge in [0.15, 0.2) is 0 Å². The van der Waals surface area contributed by atoms with Crippen LogP contribution in [0.2, 0.25) is 5.02 Å². The van der Waals surface area contributed by atoms with Crippen molar-refractivity contribution in [3.63, 3.8) is 0 Å². The normalized spacial score (nSPS) is 12.3. The topological polar surface area (TPSA) is 64.9 Å². The van der Waals surface area contributed by atoms with Crippen LogP contribution in [0, 0.1) is 5.82 Å². The van der Waals surface area contributed by atoms with E-state index >= 15 is 0 Å². The molecular weight excluding hydrogens is 293 g/mol. The first kappa shape index (κ1) is 13.7. The van der Waals surface area contributed by atoms with Crippen molar-refractivity contribution in [1.82, 2.24) is 10.1 Å². The molecule has 2 N–H and O–H groups in total. The summed E-state index contributed by atoms with van der Waals surface area (Å²) in [6.45, 7) is 0. The van der Waals surface area contributed by atoms with Crippen molar-refractivity contribution < 1.29 is 8.91 Å². The van der Waals surface area contributed by atoms with Gasteiger partial charge in [0.25, 0.3) is 0 Å². The van der Waals surface area contributed by atoms with Gasteiger partial charge >= 0.3 is 0 Å². The Morgan fingerprint density at radius 2 is 1.90 bits per heavy atom. The smallest absolute Gasteiger partial charge is 0.248 e. The summed E-state index contributed by atoms with van der Waals surface area (Å²) in [7, 11) is 0. The third kappa shape index (κ3) is 2.79. The molecule has 106 valence electrons. The molecule has 0 saturated carbocycles. The first-order chi connectivity index (χ1) is 10.1. The molecule has 0 bridgehead atoms. The zero-order valence-corrected chi connectivity index (χ0v) is 11.6. The van der Waals surface area contributed by atoms with Crippen molar-refractivity contribution in [3.05, 3.63) is 70.8 Å². The zero-order chi connectivity index (χ0) is 14.8. The Labute approximate surface area is 125 Å². The van der Waals surface area contributed by atoms with Gasteiger partial charge in [-0.15, -0.1) is 0 Å². The Morgan fingerprint density at radius 1 is 1.14 bits per heavy atom. The van der Waals surface area contributed by atoms with E-state index in [0.29, 0.717) is 11.4 Å². The van der Waals surface area contributed by atoms with Gasteiger partial charge in [-0.25, -0.2) is 4.39 Å². The van der Waals surface area contributed by atoms with Crippen LogP contribution in [0.5, 0.6) is 0 Å². The van der Waals surface area contributed by atoms with Gasteiger partial charge in [0.05, 0.1) is 5.02 Å². The summed E-state index contributed by atoms with van der Waals surface area (Å²) in [5.41, 5.74) is 7.51. The maximum absolute atomic E-state index is 13.2. The molecule has 21 heavy (non-hydrogen) atoms. The lowest BCUT2D eigenvalue weighted by Crippen LogP contribution is -2.11. The summed E-state index contributed by atoms with van der Waals surface area (Å²) < 4.78 is 18.3. The zero-order valence-electron chi connectivity index (χ0n) is 10.8. The fourth-order valence-corrected chi connectivity index (χ4v) is 2.10. The summed E-state index contributed by atoms with van der Waals surface area (Å²) in [5, 5.41) is 3.86. The van der Waals surface area contributed by atoms with Crippen LogP contribution in [0.4, 0.5) is 4.39 Å². The number of nitrogens with two attached hydrogens (primary N) is 1. The van der Waals surface area contributed by atoms with Gasteiger partial charge in [0.1, 0.15) is 11.9 Å². The Kier molecular flexibility index (Phi) is 3.68. The number of halogens is 2. The summed E-state index contributed by atoms with van der Waals surface area (Å²) >= 11 is 5.74. The minimum absolute atomic E-state index is 0.00575. The number of hydrogen-bond donors (Lipinski definition) is 1. The van der Waals surface area contributed by atoms with Gasteiger partial charge in [-0.3, -0.25) is 0 Å². The highest BCUT2D eigenvalue weighted by molar-refractivity contribution is 6.31. The van der Waals surface area contributed by atoms with Crippen molar-refractivity contribution in [2.45, 2.75) is 6.04 Å². The molecule has 0 aliphatic carbocycles. The standard InChI is InChI=1S/C15H11ClFN3O/c16-11-8-10(6-7-12(11)17)14-19-15(21-20-14)13(18)9-4-2-1-3-5-9/h1-8,13H,18H2/t13-/m0/s1. The molecule has 0 fully saturated rings. The first-order valence-corrected chi connectivity index (χ1v) is 6.62. The third-order valence-corrected chi connectivity index (χ3v) is 3.33. The van der Waals surface area contributed by atoms with Crippen molar-refractivity contribution in [2.75, 3.05) is 0 Å². The summed E-state index contributed by atoms with van der Waals surface area (Å²) in [6, 6.07) is 13.1. The molecule has 1 heterocycles. The molecule has 4 nitrogen and oxygen atoms in total. The highest BCUT2D eigenvalue weighted by atomic mass is 35.5. The molecule has 1 aromatic heterocycles. The van der Waals surface area contributed by atoms with Crippen molar-refractivity contribution in [3.8, 4) is 11.4 Å². The van der Waals surface area contributed by atoms with Crippen molar-refractivity contribution >= 4 is 11.6 Å². The number of nitrogens with zero attached hydrogens (tertiary/aromatic N) is 2. The van der Waals surface area contributed by atoms with Crippen LogP contribution in [-0.2, 0) is 0 Å². The molecule has 6 heteroatoms. The predicted molar refractivity (Wildman–Crippen MR) is 77.2 cm³/mol. The average molecular weight is 304 g/mol. The lowest BCUT2D eigenvalue weighted by atomic mass is 10.1. The molecule has 0 aliphatic rings. The summed E-state index contributed by atoms with van der Waals surface area (Å²) in [5.74, 6) is 0.111. The number of aromatic nitrogens is 2. The number of rotatable bonds is 3. The highest BCUT2D eigenvalue weighted by Crippen LogP contribution is 2.25. The van der Waals surface area contributed by atoms with E-state index in [2.05, 4.69) is 10.1 Å². The molecule has 0 unspecified atom stereocenters. The van der Waals surface area contributed by atoms with Gasteiger partial charge in [-0.05, 0) is 23.8 Å². The number of benzene rings is 2. The van der Waals surface area contributed by atoms with E-state index < -0.39 is 11.9 Å². The van der Waals surface area contributed by atoms with E-state index in [-0.39, 0.29) is 10.9 Å². The molecule has 0 saturated heterocycles. The van der Waals surface area contributed by atoms with Crippen LogP contribution in [0.25, 0.3) is 11.4 Å². The van der Waals surface area contributed by atoms with Gasteiger partial charge in [-0.1, -0.05) is 47.1 Å². The van der Waals surface area contributed by atoms with E-state index in [4.69, 9.17) is 21.9 Å². The van der Waals surface area contributed by atoms with E-state index in [1.807, 2.05) is 30.3 Å². The van der Waals surface area contributed by atoms with E-state index in [9.17, 15) is 4.39 Å². The quantitative estimate of drug-likeness (QED) is 0.803. The summed E-state index contributed by atoms with van der Waals surface area (Å²) in [4.78, 5) is 4.24. The fraction of sp³-hybridized carbons (Fsp3) is 0.0667. The SMILES string of the molecule is N[C@@H](c1ccccc1)c1nc(-c2ccc(F)c(Cl)c2)no1. The maximum Gasteiger partial charge on any atom is 0.248 e. The second kappa shape index (κ2) is 5.63. The molecule has 3 aromatic rings. The Balaban J connectivity index is 1.91. The van der Waals surface area contributed by atoms with Crippen LogP contribution in [0.1, 0.15) is 17.5 Å². The van der Waals surface area contributed by atoms with Crippen LogP contribution in [0.15, 0.2) is 53.1 Å². The second-order valence-corrected chi connectivity index (χ2v) is 4.88. The summed E-state index contributed by atoms with van der Waals surface area (Å²) in [6.07, 6.45) is 0. The molecule has 3 rings (SSSR count). The fourth-order valence-electron chi connectivity index (χ4n) is 1.92. The van der Waals surface area contributed by atoms with E-state index in [1.165, 1.54) is 18.2 Å². The van der Waals surface area contributed by atoms with Gasteiger partial charge in [-0.2, -0.15) is 4.98 Å². The molecule has 0 amide bonds. The van der Waals surface area contributed by atoms with E-state index in [0.717, 1.165) is 5.56 Å². The number of hydrogen-bond acceptors (Lipinski definition) is 4. The molecular formula is C15H11ClFN3O. The average Bonchev–Trinajstić information content (AvgIpc) is 3.00. The third-order valence-electron chi connectivity index (χ3n) is 3.04. The minimum atomic E-state index is -0.511. The molecule has 2 aromatic carbocycles.